The summed E-state index contributed by atoms with van der Waals surface area (Å²) in [5, 5.41) is 18.7. The first kappa shape index (κ1) is 16.3. The highest BCUT2D eigenvalue weighted by Gasteiger charge is 2.14. The van der Waals surface area contributed by atoms with Crippen molar-refractivity contribution in [3.05, 3.63) is 71.8 Å². The Hall–Kier alpha value is -3.08. The monoisotopic (exact) mass is 312 g/mol. The smallest absolute Gasteiger partial charge is 0.331 e. The third-order valence-electron chi connectivity index (χ3n) is 3.22. The summed E-state index contributed by atoms with van der Waals surface area (Å²) in [6, 6.07) is 13.0. The number of carbonyl (C=O) groups is 2. The summed E-state index contributed by atoms with van der Waals surface area (Å²) in [6.07, 6.45) is 0.167. The number of phenols is 1. The maximum absolute atomic E-state index is 12.3. The molecule has 2 aromatic rings. The van der Waals surface area contributed by atoms with Crippen LogP contribution in [0.25, 0.3) is 0 Å². The van der Waals surface area contributed by atoms with E-state index in [4.69, 9.17) is 9.84 Å². The second kappa shape index (κ2) is 7.26. The zero-order valence-corrected chi connectivity index (χ0v) is 12.4. The second-order valence-corrected chi connectivity index (χ2v) is 4.88. The molecule has 0 aliphatic rings. The minimum atomic E-state index is -1.07. The summed E-state index contributed by atoms with van der Waals surface area (Å²) in [5.41, 5.74) is 0.706. The van der Waals surface area contributed by atoms with Crippen molar-refractivity contribution in [1.82, 2.24) is 0 Å². The van der Waals surface area contributed by atoms with Gasteiger partial charge in [-0.25, -0.2) is 4.79 Å². The van der Waals surface area contributed by atoms with Crippen LogP contribution in [0.4, 0.5) is 0 Å². The molecule has 0 atom stereocenters. The lowest BCUT2D eigenvalue weighted by Crippen LogP contribution is -2.06. The van der Waals surface area contributed by atoms with Crippen LogP contribution in [0.2, 0.25) is 0 Å². The van der Waals surface area contributed by atoms with E-state index >= 15 is 0 Å². The van der Waals surface area contributed by atoms with E-state index in [0.717, 1.165) is 0 Å². The van der Waals surface area contributed by atoms with Gasteiger partial charge in [-0.2, -0.15) is 0 Å². The molecule has 0 aromatic heterocycles. The molecule has 2 rings (SSSR count). The Balaban J connectivity index is 2.05. The van der Waals surface area contributed by atoms with Crippen LogP contribution in [-0.4, -0.2) is 28.6 Å². The molecule has 0 fully saturated rings. The van der Waals surface area contributed by atoms with E-state index in [2.05, 4.69) is 6.58 Å². The third-order valence-corrected chi connectivity index (χ3v) is 3.22. The Labute approximate surface area is 133 Å². The summed E-state index contributed by atoms with van der Waals surface area (Å²) in [4.78, 5) is 22.9. The lowest BCUT2D eigenvalue weighted by atomic mass is 10.0. The zero-order valence-electron chi connectivity index (χ0n) is 12.4. The molecule has 0 saturated heterocycles. The van der Waals surface area contributed by atoms with Crippen LogP contribution >= 0.6 is 0 Å². The highest BCUT2D eigenvalue weighted by Crippen LogP contribution is 2.26. The average Bonchev–Trinajstić information content (AvgIpc) is 2.55. The van der Waals surface area contributed by atoms with Gasteiger partial charge >= 0.3 is 5.97 Å². The summed E-state index contributed by atoms with van der Waals surface area (Å²) >= 11 is 0. The van der Waals surface area contributed by atoms with Gasteiger partial charge in [-0.3, -0.25) is 4.79 Å². The van der Waals surface area contributed by atoms with E-state index < -0.39 is 5.97 Å². The van der Waals surface area contributed by atoms with E-state index in [1.165, 1.54) is 12.1 Å². The standard InChI is InChI=1S/C18H16O5/c1-12(18(21)22)9-10-23-14-7-8-15(16(19)11-14)17(20)13-5-3-2-4-6-13/h2-8,11,19H,1,9-10H2,(H,21,22). The van der Waals surface area contributed by atoms with Crippen molar-refractivity contribution in [3.8, 4) is 11.5 Å². The number of carboxylic acid groups (broad SMARTS) is 1. The van der Waals surface area contributed by atoms with Crippen molar-refractivity contribution in [3.63, 3.8) is 0 Å². The SMILES string of the molecule is C=C(CCOc1ccc(C(=O)c2ccccc2)c(O)c1)C(=O)O. The molecule has 0 aliphatic heterocycles. The summed E-state index contributed by atoms with van der Waals surface area (Å²) in [6.45, 7) is 3.52. The molecule has 0 radical (unpaired) electrons. The molecule has 2 N–H and O–H groups in total. The molecule has 0 amide bonds. The van der Waals surface area contributed by atoms with Crippen molar-refractivity contribution < 1.29 is 24.5 Å². The van der Waals surface area contributed by atoms with Crippen molar-refractivity contribution in [2.75, 3.05) is 6.61 Å². The Morgan fingerprint density at radius 3 is 2.39 bits per heavy atom. The number of rotatable bonds is 7. The van der Waals surface area contributed by atoms with Crippen LogP contribution in [0.5, 0.6) is 11.5 Å². The Morgan fingerprint density at radius 2 is 1.78 bits per heavy atom. The fourth-order valence-electron chi connectivity index (χ4n) is 1.94. The maximum atomic E-state index is 12.3. The predicted molar refractivity (Wildman–Crippen MR) is 84.9 cm³/mol. The van der Waals surface area contributed by atoms with Gasteiger partial charge < -0.3 is 14.9 Å². The number of aliphatic carboxylic acids is 1. The number of hydrogen-bond donors (Lipinski definition) is 2. The largest absolute Gasteiger partial charge is 0.507 e. The van der Waals surface area contributed by atoms with Crippen molar-refractivity contribution in [1.29, 1.82) is 0 Å². The highest BCUT2D eigenvalue weighted by molar-refractivity contribution is 6.10. The molecule has 0 bridgehead atoms. The molecule has 5 heteroatoms. The maximum Gasteiger partial charge on any atom is 0.331 e. The Kier molecular flexibility index (Phi) is 5.15. The van der Waals surface area contributed by atoms with Gasteiger partial charge in [0.15, 0.2) is 5.78 Å². The fourth-order valence-corrected chi connectivity index (χ4v) is 1.94. The molecule has 0 unspecified atom stereocenters. The van der Waals surface area contributed by atoms with Crippen LogP contribution in [-0.2, 0) is 4.79 Å². The minimum absolute atomic E-state index is 0.0464. The normalized spacial score (nSPS) is 10.1. The predicted octanol–water partition coefficient (Wildman–Crippen LogP) is 3.03. The Bertz CT molecular complexity index is 734. The molecule has 2 aromatic carbocycles. The first-order valence-corrected chi connectivity index (χ1v) is 6.95. The molecule has 5 nitrogen and oxygen atoms in total. The van der Waals surface area contributed by atoms with E-state index in [1.54, 1.807) is 36.4 Å². The quantitative estimate of drug-likeness (QED) is 0.606. The van der Waals surface area contributed by atoms with Gasteiger partial charge in [-0.05, 0) is 12.1 Å². The lowest BCUT2D eigenvalue weighted by molar-refractivity contribution is -0.132. The van der Waals surface area contributed by atoms with Crippen LogP contribution in [0, 0.1) is 0 Å². The van der Waals surface area contributed by atoms with Gasteiger partial charge in [0.2, 0.25) is 0 Å². The number of phenolic OH excluding ortho intramolecular Hbond substituents is 1. The topological polar surface area (TPSA) is 83.8 Å². The van der Waals surface area contributed by atoms with E-state index in [9.17, 15) is 14.7 Å². The van der Waals surface area contributed by atoms with Gasteiger partial charge in [0.05, 0.1) is 12.2 Å². The third kappa shape index (κ3) is 4.20. The number of carboxylic acids is 1. The van der Waals surface area contributed by atoms with Crippen LogP contribution < -0.4 is 4.74 Å². The van der Waals surface area contributed by atoms with Crippen molar-refractivity contribution >= 4 is 11.8 Å². The summed E-state index contributed by atoms with van der Waals surface area (Å²) < 4.78 is 5.35. The van der Waals surface area contributed by atoms with Crippen LogP contribution in [0.3, 0.4) is 0 Å². The molecule has 0 aliphatic carbocycles. The van der Waals surface area contributed by atoms with E-state index in [1.807, 2.05) is 0 Å². The molecule has 23 heavy (non-hydrogen) atoms. The summed E-state index contributed by atoms with van der Waals surface area (Å²) in [7, 11) is 0. The van der Waals surface area contributed by atoms with Gasteiger partial charge in [-0.1, -0.05) is 36.9 Å². The van der Waals surface area contributed by atoms with Crippen molar-refractivity contribution in [2.24, 2.45) is 0 Å². The first-order chi connectivity index (χ1) is 11.0. The molecule has 0 heterocycles. The minimum Gasteiger partial charge on any atom is -0.507 e. The molecular formula is C18H16O5. The summed E-state index contributed by atoms with van der Waals surface area (Å²) in [5.74, 6) is -1.19. The second-order valence-electron chi connectivity index (χ2n) is 4.88. The average molecular weight is 312 g/mol. The number of hydrogen-bond acceptors (Lipinski definition) is 4. The highest BCUT2D eigenvalue weighted by atomic mass is 16.5. The number of benzene rings is 2. The van der Waals surface area contributed by atoms with Crippen LogP contribution in [0.15, 0.2) is 60.7 Å². The number of carbonyl (C=O) groups excluding carboxylic acids is 1. The van der Waals surface area contributed by atoms with Gasteiger partial charge in [0.1, 0.15) is 11.5 Å². The number of aromatic hydroxyl groups is 1. The van der Waals surface area contributed by atoms with Gasteiger partial charge in [-0.15, -0.1) is 0 Å². The van der Waals surface area contributed by atoms with Gasteiger partial charge in [0, 0.05) is 23.6 Å². The molecular weight excluding hydrogens is 296 g/mol. The van der Waals surface area contributed by atoms with E-state index in [0.29, 0.717) is 11.3 Å². The lowest BCUT2D eigenvalue weighted by Gasteiger charge is -2.09. The molecule has 118 valence electrons. The molecule has 0 saturated carbocycles. The van der Waals surface area contributed by atoms with Crippen molar-refractivity contribution in [2.45, 2.75) is 6.42 Å². The number of ether oxygens (including phenoxy) is 1. The zero-order chi connectivity index (χ0) is 16.8. The number of ketones is 1. The Morgan fingerprint density at radius 1 is 1.09 bits per heavy atom. The van der Waals surface area contributed by atoms with E-state index in [-0.39, 0.29) is 35.7 Å². The molecule has 0 spiro atoms. The first-order valence-electron chi connectivity index (χ1n) is 6.95. The fraction of sp³-hybridized carbons (Fsp3) is 0.111. The van der Waals surface area contributed by atoms with Gasteiger partial charge in [0.25, 0.3) is 0 Å². The van der Waals surface area contributed by atoms with Crippen LogP contribution in [0.1, 0.15) is 22.3 Å².